The van der Waals surface area contributed by atoms with Gasteiger partial charge in [-0.2, -0.15) is 0 Å². The summed E-state index contributed by atoms with van der Waals surface area (Å²) in [5.74, 6) is 1.39. The molecule has 2 atom stereocenters. The van der Waals surface area contributed by atoms with E-state index in [1.807, 2.05) is 6.92 Å². The van der Waals surface area contributed by atoms with Gasteiger partial charge in [-0.3, -0.25) is 14.9 Å². The molecular weight excluding hydrogens is 408 g/mol. The Kier molecular flexibility index (Phi) is 7.65. The maximum absolute atomic E-state index is 12.7. The van der Waals surface area contributed by atoms with Crippen LogP contribution >= 0.6 is 0 Å². The number of non-ortho nitro benzene ring substituents is 1. The predicted molar refractivity (Wildman–Crippen MR) is 122 cm³/mol. The third-order valence-electron chi connectivity index (χ3n) is 5.55. The number of nitro groups is 1. The number of ether oxygens (including phenoxy) is 1. The van der Waals surface area contributed by atoms with Gasteiger partial charge in [-0.05, 0) is 54.2 Å². The molecule has 3 aromatic rings. The average Bonchev–Trinajstić information content (AvgIpc) is 3.30. The molecule has 0 bridgehead atoms. The molecule has 7 heteroatoms. The van der Waals surface area contributed by atoms with Gasteiger partial charge in [0.2, 0.25) is 0 Å². The minimum atomic E-state index is -0.467. The lowest BCUT2D eigenvalue weighted by Crippen LogP contribution is -2.27. The fourth-order valence-electron chi connectivity index (χ4n) is 3.34. The van der Waals surface area contributed by atoms with Gasteiger partial charge in [0.25, 0.3) is 11.6 Å². The number of carbonyl (C=O) groups is 1. The number of nitrogens with one attached hydrogen (secondary N) is 1. The molecule has 7 nitrogen and oxygen atoms in total. The Morgan fingerprint density at radius 1 is 1.00 bits per heavy atom. The molecule has 0 saturated carbocycles. The largest absolute Gasteiger partial charge is 0.486 e. The highest BCUT2D eigenvalue weighted by Gasteiger charge is 2.18. The van der Waals surface area contributed by atoms with Crippen molar-refractivity contribution in [3.63, 3.8) is 0 Å². The third kappa shape index (κ3) is 5.75. The highest BCUT2D eigenvalue weighted by Crippen LogP contribution is 2.24. The van der Waals surface area contributed by atoms with Crippen molar-refractivity contribution in [1.82, 2.24) is 5.32 Å². The Hall–Kier alpha value is -3.61. The van der Waals surface area contributed by atoms with Crippen molar-refractivity contribution in [3.05, 3.63) is 93.4 Å². The number of rotatable bonds is 10. The highest BCUT2D eigenvalue weighted by atomic mass is 16.6. The van der Waals surface area contributed by atoms with E-state index in [0.717, 1.165) is 18.4 Å². The number of hydrogen-bond acceptors (Lipinski definition) is 5. The van der Waals surface area contributed by atoms with Gasteiger partial charge in [0.1, 0.15) is 18.1 Å². The lowest BCUT2D eigenvalue weighted by Gasteiger charge is -2.18. The third-order valence-corrected chi connectivity index (χ3v) is 5.55. The Balaban J connectivity index is 1.58. The Morgan fingerprint density at radius 2 is 1.66 bits per heavy atom. The van der Waals surface area contributed by atoms with Crippen molar-refractivity contribution in [2.75, 3.05) is 0 Å². The summed E-state index contributed by atoms with van der Waals surface area (Å²) in [5, 5.41) is 13.7. The van der Waals surface area contributed by atoms with Crippen LogP contribution in [-0.4, -0.2) is 10.8 Å². The van der Waals surface area contributed by atoms with Gasteiger partial charge in [0.15, 0.2) is 5.76 Å². The van der Waals surface area contributed by atoms with Crippen LogP contribution in [0.3, 0.4) is 0 Å². The first-order valence-electron chi connectivity index (χ1n) is 10.8. The van der Waals surface area contributed by atoms with Crippen LogP contribution in [0.1, 0.15) is 73.0 Å². The number of benzene rings is 2. The van der Waals surface area contributed by atoms with E-state index < -0.39 is 4.92 Å². The van der Waals surface area contributed by atoms with Crippen molar-refractivity contribution < 1.29 is 18.9 Å². The highest BCUT2D eigenvalue weighted by molar-refractivity contribution is 5.91. The number of nitrogens with zero attached hydrogens (tertiary/aromatic N) is 1. The maximum atomic E-state index is 12.7. The molecule has 2 unspecified atom stereocenters. The van der Waals surface area contributed by atoms with Crippen LogP contribution in [-0.2, 0) is 6.61 Å². The van der Waals surface area contributed by atoms with Crippen LogP contribution in [0.4, 0.5) is 5.69 Å². The van der Waals surface area contributed by atoms with Crippen LogP contribution in [0.15, 0.2) is 65.1 Å². The molecule has 0 saturated heterocycles. The number of amides is 1. The lowest BCUT2D eigenvalue weighted by atomic mass is 9.95. The minimum absolute atomic E-state index is 0.00528. The Labute approximate surface area is 187 Å². The standard InChI is InChI=1S/C25H28N2O5/c1-4-17(3)18-6-8-19(9-7-18)23(5-2)26-25(28)24-15-14-22(32-24)16-31-21-12-10-20(11-13-21)27(29)30/h6-15,17,23H,4-5,16H2,1-3H3,(H,26,28). The normalized spacial score (nSPS) is 12.7. The van der Waals surface area contributed by atoms with Crippen molar-refractivity contribution in [2.45, 2.75) is 52.2 Å². The summed E-state index contributed by atoms with van der Waals surface area (Å²) in [6.45, 7) is 6.51. The van der Waals surface area contributed by atoms with Crippen molar-refractivity contribution >= 4 is 11.6 Å². The van der Waals surface area contributed by atoms with E-state index in [1.165, 1.54) is 29.8 Å². The van der Waals surface area contributed by atoms with E-state index in [0.29, 0.717) is 17.4 Å². The topological polar surface area (TPSA) is 94.6 Å². The molecule has 2 aromatic carbocycles. The first kappa shape index (κ1) is 23.1. The van der Waals surface area contributed by atoms with E-state index in [-0.39, 0.29) is 30.0 Å². The number of furan rings is 1. The smallest absolute Gasteiger partial charge is 0.287 e. The molecular formula is C25H28N2O5. The zero-order valence-electron chi connectivity index (χ0n) is 18.5. The quantitative estimate of drug-likeness (QED) is 0.303. The molecule has 1 aromatic heterocycles. The van der Waals surface area contributed by atoms with Gasteiger partial charge >= 0.3 is 0 Å². The summed E-state index contributed by atoms with van der Waals surface area (Å²) in [5.41, 5.74) is 2.34. The predicted octanol–water partition coefficient (Wildman–Crippen LogP) is 6.16. The van der Waals surface area contributed by atoms with Crippen LogP contribution in [0.2, 0.25) is 0 Å². The first-order chi connectivity index (χ1) is 15.4. The second-order valence-corrected chi connectivity index (χ2v) is 7.72. The summed E-state index contributed by atoms with van der Waals surface area (Å²) in [6.07, 6.45) is 1.84. The zero-order chi connectivity index (χ0) is 23.1. The van der Waals surface area contributed by atoms with Crippen LogP contribution in [0.5, 0.6) is 5.75 Å². The van der Waals surface area contributed by atoms with E-state index in [9.17, 15) is 14.9 Å². The van der Waals surface area contributed by atoms with E-state index in [4.69, 9.17) is 9.15 Å². The van der Waals surface area contributed by atoms with Gasteiger partial charge in [-0.1, -0.05) is 45.0 Å². The van der Waals surface area contributed by atoms with E-state index in [1.54, 1.807) is 12.1 Å². The fourth-order valence-corrected chi connectivity index (χ4v) is 3.34. The van der Waals surface area contributed by atoms with Gasteiger partial charge in [-0.15, -0.1) is 0 Å². The molecule has 168 valence electrons. The summed E-state index contributed by atoms with van der Waals surface area (Å²) < 4.78 is 11.2. The molecule has 1 amide bonds. The average molecular weight is 437 g/mol. The molecule has 0 radical (unpaired) electrons. The molecule has 0 aliphatic carbocycles. The number of nitro benzene ring substituents is 1. The monoisotopic (exact) mass is 436 g/mol. The molecule has 32 heavy (non-hydrogen) atoms. The molecule has 0 fully saturated rings. The van der Waals surface area contributed by atoms with Gasteiger partial charge < -0.3 is 14.5 Å². The van der Waals surface area contributed by atoms with Gasteiger partial charge in [0.05, 0.1) is 11.0 Å². The van der Waals surface area contributed by atoms with Crippen LogP contribution in [0.25, 0.3) is 0 Å². The van der Waals surface area contributed by atoms with Crippen molar-refractivity contribution in [3.8, 4) is 5.75 Å². The summed E-state index contributed by atoms with van der Waals surface area (Å²) >= 11 is 0. The SMILES string of the molecule is CCC(C)c1ccc(C(CC)NC(=O)c2ccc(COc3ccc([N+](=O)[O-])cc3)o2)cc1. The van der Waals surface area contributed by atoms with Crippen molar-refractivity contribution in [2.24, 2.45) is 0 Å². The summed E-state index contributed by atoms with van der Waals surface area (Å²) in [7, 11) is 0. The molecule has 0 spiro atoms. The Bertz CT molecular complexity index is 1040. The Morgan fingerprint density at radius 3 is 2.25 bits per heavy atom. The molecule has 3 rings (SSSR count). The zero-order valence-corrected chi connectivity index (χ0v) is 18.5. The first-order valence-corrected chi connectivity index (χ1v) is 10.8. The van der Waals surface area contributed by atoms with E-state index in [2.05, 4.69) is 43.4 Å². The second kappa shape index (κ2) is 10.6. The lowest BCUT2D eigenvalue weighted by molar-refractivity contribution is -0.384. The van der Waals surface area contributed by atoms with Gasteiger partial charge in [-0.25, -0.2) is 0 Å². The minimum Gasteiger partial charge on any atom is -0.486 e. The molecule has 0 aliphatic heterocycles. The number of carbonyl (C=O) groups excluding carboxylic acids is 1. The molecule has 0 aliphatic rings. The van der Waals surface area contributed by atoms with Crippen LogP contribution in [0, 0.1) is 10.1 Å². The van der Waals surface area contributed by atoms with Crippen LogP contribution < -0.4 is 10.1 Å². The fraction of sp³-hybridized carbons (Fsp3) is 0.320. The second-order valence-electron chi connectivity index (χ2n) is 7.72. The number of hydrogen-bond donors (Lipinski definition) is 1. The summed E-state index contributed by atoms with van der Waals surface area (Å²) in [4.78, 5) is 22.9. The van der Waals surface area contributed by atoms with E-state index >= 15 is 0 Å². The molecule has 1 heterocycles. The van der Waals surface area contributed by atoms with Gasteiger partial charge in [0, 0.05) is 12.1 Å². The van der Waals surface area contributed by atoms with Crippen molar-refractivity contribution in [1.29, 1.82) is 0 Å². The molecule has 1 N–H and O–H groups in total. The maximum Gasteiger partial charge on any atom is 0.287 e. The summed E-state index contributed by atoms with van der Waals surface area (Å²) in [6, 6.07) is 17.4.